The highest BCUT2D eigenvalue weighted by molar-refractivity contribution is 7.89. The van der Waals surface area contributed by atoms with Gasteiger partial charge in [0.2, 0.25) is 10.0 Å². The summed E-state index contributed by atoms with van der Waals surface area (Å²) in [4.78, 5) is 22.7. The van der Waals surface area contributed by atoms with Crippen LogP contribution in [0, 0.1) is 0 Å². The maximum absolute atomic E-state index is 12.7. The fourth-order valence-corrected chi connectivity index (χ4v) is 4.78. The summed E-state index contributed by atoms with van der Waals surface area (Å²) in [5.41, 5.74) is 2.29. The van der Waals surface area contributed by atoms with Gasteiger partial charge in [0, 0.05) is 12.1 Å². The molecule has 26 heavy (non-hydrogen) atoms. The minimum atomic E-state index is -3.84. The molecule has 3 rings (SSSR count). The smallest absolute Gasteiger partial charge is 0.322 e. The van der Waals surface area contributed by atoms with Gasteiger partial charge in [-0.15, -0.1) is 0 Å². The van der Waals surface area contributed by atoms with Crippen LogP contribution < -0.4 is 0 Å². The number of carbonyl (C=O) groups is 2. The summed E-state index contributed by atoms with van der Waals surface area (Å²) in [6.07, 6.45) is 0.867. The van der Waals surface area contributed by atoms with Crippen molar-refractivity contribution in [3.63, 3.8) is 0 Å². The standard InChI is InChI=1S/C19H19NO5S/c1-13(21)14-4-6-15(7-5-14)16-8-10-17(11-9-16)26(24,25)20-12-2-3-18(20)19(22)23/h4-11,18H,2-3,12H2,1H3,(H,22,23). The number of sulfonamides is 1. The van der Waals surface area contributed by atoms with E-state index in [-0.39, 0.29) is 17.2 Å². The number of nitrogens with zero attached hydrogens (tertiary/aromatic N) is 1. The van der Waals surface area contributed by atoms with Crippen molar-refractivity contribution < 1.29 is 23.1 Å². The summed E-state index contributed by atoms with van der Waals surface area (Å²) in [7, 11) is -3.84. The molecule has 0 radical (unpaired) electrons. The van der Waals surface area contributed by atoms with Crippen LogP contribution in [0.15, 0.2) is 53.4 Å². The zero-order valence-corrected chi connectivity index (χ0v) is 15.1. The first-order chi connectivity index (χ1) is 12.3. The average molecular weight is 373 g/mol. The van der Waals surface area contributed by atoms with Crippen LogP contribution >= 0.6 is 0 Å². The molecular weight excluding hydrogens is 354 g/mol. The number of rotatable bonds is 5. The highest BCUT2D eigenvalue weighted by atomic mass is 32.2. The van der Waals surface area contributed by atoms with Crippen molar-refractivity contribution in [2.45, 2.75) is 30.7 Å². The maximum Gasteiger partial charge on any atom is 0.322 e. The quantitative estimate of drug-likeness (QED) is 0.814. The zero-order chi connectivity index (χ0) is 18.9. The molecule has 0 aliphatic carbocycles. The molecule has 1 saturated heterocycles. The molecule has 0 bridgehead atoms. The first-order valence-electron chi connectivity index (χ1n) is 8.27. The van der Waals surface area contributed by atoms with Gasteiger partial charge in [0.15, 0.2) is 5.78 Å². The van der Waals surface area contributed by atoms with Gasteiger partial charge in [-0.1, -0.05) is 36.4 Å². The van der Waals surface area contributed by atoms with Gasteiger partial charge in [-0.3, -0.25) is 9.59 Å². The molecule has 1 aliphatic rings. The van der Waals surface area contributed by atoms with Crippen LogP contribution in [0.25, 0.3) is 11.1 Å². The molecule has 1 heterocycles. The van der Waals surface area contributed by atoms with Gasteiger partial charge in [0.1, 0.15) is 6.04 Å². The second kappa shape index (κ2) is 7.01. The molecule has 0 spiro atoms. The van der Waals surface area contributed by atoms with E-state index in [1.807, 2.05) is 0 Å². The molecule has 1 N–H and O–H groups in total. The van der Waals surface area contributed by atoms with E-state index in [2.05, 4.69) is 0 Å². The predicted octanol–water partition coefficient (Wildman–Crippen LogP) is 2.79. The van der Waals surface area contributed by atoms with E-state index < -0.39 is 22.0 Å². The Morgan fingerprint density at radius 2 is 1.54 bits per heavy atom. The molecule has 1 unspecified atom stereocenters. The normalized spacial score (nSPS) is 18.0. The number of carboxylic acids is 1. The van der Waals surface area contributed by atoms with Crippen LogP contribution in [0.5, 0.6) is 0 Å². The summed E-state index contributed by atoms with van der Waals surface area (Å²) in [6, 6.07) is 12.4. The van der Waals surface area contributed by atoms with Crippen molar-refractivity contribution in [1.82, 2.24) is 4.31 Å². The summed E-state index contributed by atoms with van der Waals surface area (Å²) in [6.45, 7) is 1.71. The molecule has 1 fully saturated rings. The highest BCUT2D eigenvalue weighted by Gasteiger charge is 2.39. The van der Waals surface area contributed by atoms with Crippen LogP contribution in [0.4, 0.5) is 0 Å². The number of carbonyl (C=O) groups excluding carboxylic acids is 1. The van der Waals surface area contributed by atoms with Gasteiger partial charge in [-0.2, -0.15) is 4.31 Å². The lowest BCUT2D eigenvalue weighted by Crippen LogP contribution is -2.40. The Balaban J connectivity index is 1.87. The molecule has 2 aromatic carbocycles. The molecule has 1 atom stereocenters. The summed E-state index contributed by atoms with van der Waals surface area (Å²) in [5.74, 6) is -1.13. The summed E-state index contributed by atoms with van der Waals surface area (Å²) >= 11 is 0. The Kier molecular flexibility index (Phi) is 4.93. The topological polar surface area (TPSA) is 91.8 Å². The molecule has 136 valence electrons. The first-order valence-corrected chi connectivity index (χ1v) is 9.71. The second-order valence-electron chi connectivity index (χ2n) is 6.27. The Labute approximate surface area is 152 Å². The van der Waals surface area contributed by atoms with Crippen molar-refractivity contribution in [2.75, 3.05) is 6.54 Å². The zero-order valence-electron chi connectivity index (χ0n) is 14.3. The van der Waals surface area contributed by atoms with Crippen LogP contribution in [-0.2, 0) is 14.8 Å². The maximum atomic E-state index is 12.7. The van der Waals surface area contributed by atoms with Gasteiger partial charge in [-0.05, 0) is 43.0 Å². The Morgan fingerprint density at radius 3 is 2.04 bits per heavy atom. The van der Waals surface area contributed by atoms with Crippen LogP contribution in [0.2, 0.25) is 0 Å². The second-order valence-corrected chi connectivity index (χ2v) is 8.16. The van der Waals surface area contributed by atoms with Crippen molar-refractivity contribution >= 4 is 21.8 Å². The Hall–Kier alpha value is -2.51. The lowest BCUT2D eigenvalue weighted by molar-refractivity contribution is -0.140. The molecule has 7 heteroatoms. The number of ketones is 1. The number of Topliss-reactive ketones (excluding diaryl/α,β-unsaturated/α-hetero) is 1. The fraction of sp³-hybridized carbons (Fsp3) is 0.263. The van der Waals surface area contributed by atoms with Crippen molar-refractivity contribution in [3.05, 3.63) is 54.1 Å². The summed E-state index contributed by atoms with van der Waals surface area (Å²) < 4.78 is 26.5. The predicted molar refractivity (Wildman–Crippen MR) is 96.4 cm³/mol. The lowest BCUT2D eigenvalue weighted by Gasteiger charge is -2.21. The van der Waals surface area contributed by atoms with Gasteiger partial charge in [-0.25, -0.2) is 8.42 Å². The molecular formula is C19H19NO5S. The van der Waals surface area contributed by atoms with E-state index in [1.54, 1.807) is 36.4 Å². The molecule has 0 saturated carbocycles. The van der Waals surface area contributed by atoms with E-state index in [9.17, 15) is 23.1 Å². The van der Waals surface area contributed by atoms with Crippen molar-refractivity contribution in [3.8, 4) is 11.1 Å². The third-order valence-corrected chi connectivity index (χ3v) is 6.50. The molecule has 6 nitrogen and oxygen atoms in total. The van der Waals surface area contributed by atoms with Crippen LogP contribution in [-0.4, -0.2) is 42.2 Å². The molecule has 1 aliphatic heterocycles. The van der Waals surface area contributed by atoms with Crippen molar-refractivity contribution in [1.29, 1.82) is 0 Å². The Morgan fingerprint density at radius 1 is 1.00 bits per heavy atom. The average Bonchev–Trinajstić information content (AvgIpc) is 3.13. The molecule has 2 aromatic rings. The highest BCUT2D eigenvalue weighted by Crippen LogP contribution is 2.28. The van der Waals surface area contributed by atoms with E-state index in [1.165, 1.54) is 19.1 Å². The van der Waals surface area contributed by atoms with Crippen molar-refractivity contribution in [2.24, 2.45) is 0 Å². The van der Waals surface area contributed by atoms with E-state index in [0.29, 0.717) is 18.4 Å². The number of hydrogen-bond acceptors (Lipinski definition) is 4. The minimum absolute atomic E-state index is 0.0170. The lowest BCUT2D eigenvalue weighted by atomic mass is 10.0. The third kappa shape index (κ3) is 3.40. The Bertz CT molecular complexity index is 933. The van der Waals surface area contributed by atoms with E-state index >= 15 is 0 Å². The number of aliphatic carboxylic acids is 1. The largest absolute Gasteiger partial charge is 0.480 e. The fourth-order valence-electron chi connectivity index (χ4n) is 3.13. The number of carboxylic acid groups (broad SMARTS) is 1. The van der Waals surface area contributed by atoms with E-state index in [4.69, 9.17) is 0 Å². The van der Waals surface area contributed by atoms with E-state index in [0.717, 1.165) is 15.4 Å². The minimum Gasteiger partial charge on any atom is -0.480 e. The van der Waals surface area contributed by atoms with Gasteiger partial charge in [0.05, 0.1) is 4.90 Å². The molecule has 0 amide bonds. The van der Waals surface area contributed by atoms with Gasteiger partial charge < -0.3 is 5.11 Å². The molecule has 0 aromatic heterocycles. The van der Waals surface area contributed by atoms with Crippen LogP contribution in [0.3, 0.4) is 0 Å². The number of benzene rings is 2. The first kappa shape index (κ1) is 18.3. The van der Waals surface area contributed by atoms with Gasteiger partial charge >= 0.3 is 5.97 Å². The summed E-state index contributed by atoms with van der Waals surface area (Å²) in [5, 5.41) is 9.22. The number of hydrogen-bond donors (Lipinski definition) is 1. The SMILES string of the molecule is CC(=O)c1ccc(-c2ccc(S(=O)(=O)N3CCCC3C(=O)O)cc2)cc1. The van der Waals surface area contributed by atoms with Crippen LogP contribution in [0.1, 0.15) is 30.1 Å². The monoisotopic (exact) mass is 373 g/mol. The third-order valence-electron chi connectivity index (χ3n) is 4.57. The van der Waals surface area contributed by atoms with Gasteiger partial charge in [0.25, 0.3) is 0 Å².